The molecule has 0 aromatic rings. The molecule has 2 aliphatic rings. The Balaban J connectivity index is 0.00000312. The van der Waals surface area contributed by atoms with Crippen molar-refractivity contribution in [1.82, 2.24) is 14.9 Å². The van der Waals surface area contributed by atoms with Crippen molar-refractivity contribution in [2.75, 3.05) is 0 Å². The standard InChI is InChI=1S/C19H42N3Si2.Na/c1-23(2,3)22(24(4,5)6)19(20-17-13-9-7-10-14-17)21-18-15-11-8-12-16-18;/h17-18,20-21H,7-16H2,1-6H3;/q-1;+1. The summed E-state index contributed by atoms with van der Waals surface area (Å²) in [7, 11) is -2.84. The van der Waals surface area contributed by atoms with Gasteiger partial charge < -0.3 is 14.9 Å². The van der Waals surface area contributed by atoms with Gasteiger partial charge >= 0.3 is 29.6 Å². The van der Waals surface area contributed by atoms with E-state index in [1.54, 1.807) is 0 Å². The van der Waals surface area contributed by atoms with Crippen molar-refractivity contribution in [1.29, 1.82) is 0 Å². The molecule has 0 unspecified atom stereocenters. The van der Waals surface area contributed by atoms with E-state index in [1.807, 2.05) is 0 Å². The molecule has 2 N–H and O–H groups in total. The number of hydrogen-bond donors (Lipinski definition) is 2. The first-order valence-corrected chi connectivity index (χ1v) is 17.3. The van der Waals surface area contributed by atoms with Crippen LogP contribution in [0.5, 0.6) is 0 Å². The van der Waals surface area contributed by atoms with E-state index >= 15 is 0 Å². The Bertz CT molecular complexity index is 336. The average Bonchev–Trinajstić information content (AvgIpc) is 2.46. The second kappa shape index (κ2) is 10.7. The largest absolute Gasteiger partial charge is 1.00 e. The molecule has 25 heavy (non-hydrogen) atoms. The maximum absolute atomic E-state index is 4.02. The molecule has 0 aromatic heterocycles. The van der Waals surface area contributed by atoms with E-state index in [4.69, 9.17) is 0 Å². The summed E-state index contributed by atoms with van der Waals surface area (Å²) in [6.45, 7) is 15.1. The smallest absolute Gasteiger partial charge is 0.472 e. The zero-order valence-corrected chi connectivity index (χ0v) is 22.2. The van der Waals surface area contributed by atoms with Crippen LogP contribution in [0.1, 0.15) is 64.2 Å². The minimum Gasteiger partial charge on any atom is -0.472 e. The van der Waals surface area contributed by atoms with Crippen LogP contribution in [-0.2, 0) is 0 Å². The number of rotatable bonds is 7. The Labute approximate surface area is 181 Å². The molecule has 0 radical (unpaired) electrons. The minimum atomic E-state index is -1.42. The molecule has 2 aliphatic carbocycles. The van der Waals surface area contributed by atoms with Gasteiger partial charge in [-0.15, -0.1) is 6.29 Å². The molecule has 2 fully saturated rings. The van der Waals surface area contributed by atoms with Crippen molar-refractivity contribution in [3.05, 3.63) is 6.29 Å². The van der Waals surface area contributed by atoms with Crippen molar-refractivity contribution >= 4 is 16.5 Å². The fourth-order valence-electron chi connectivity index (χ4n) is 4.73. The molecule has 0 aromatic carbocycles. The Morgan fingerprint density at radius 2 is 0.960 bits per heavy atom. The molecule has 2 rings (SSSR count). The molecule has 0 amide bonds. The van der Waals surface area contributed by atoms with Gasteiger partial charge in [0.25, 0.3) is 0 Å². The molecule has 0 saturated heterocycles. The molecule has 142 valence electrons. The second-order valence-electron chi connectivity index (χ2n) is 9.98. The molecule has 0 heterocycles. The van der Waals surface area contributed by atoms with E-state index in [2.05, 4.69) is 54.1 Å². The summed E-state index contributed by atoms with van der Waals surface area (Å²) in [6.07, 6.45) is 15.2. The summed E-state index contributed by atoms with van der Waals surface area (Å²) in [5.41, 5.74) is 0. The summed E-state index contributed by atoms with van der Waals surface area (Å²) in [5, 5.41) is 8.03. The fourth-order valence-corrected chi connectivity index (χ4v) is 14.4. The predicted molar refractivity (Wildman–Crippen MR) is 112 cm³/mol. The van der Waals surface area contributed by atoms with Gasteiger partial charge in [-0.2, -0.15) is 0 Å². The van der Waals surface area contributed by atoms with Crippen LogP contribution < -0.4 is 40.2 Å². The maximum atomic E-state index is 4.02. The van der Waals surface area contributed by atoms with Crippen LogP contribution in [0.15, 0.2) is 0 Å². The van der Waals surface area contributed by atoms with Gasteiger partial charge in [-0.25, -0.2) is 0 Å². The topological polar surface area (TPSA) is 27.3 Å². The first-order chi connectivity index (χ1) is 11.2. The van der Waals surface area contributed by atoms with Crippen LogP contribution in [0.25, 0.3) is 0 Å². The molecule has 6 heteroatoms. The Morgan fingerprint density at radius 3 is 1.24 bits per heavy atom. The van der Waals surface area contributed by atoms with E-state index in [0.717, 1.165) is 0 Å². The molecule has 0 aliphatic heterocycles. The van der Waals surface area contributed by atoms with Crippen molar-refractivity contribution in [3.63, 3.8) is 0 Å². The van der Waals surface area contributed by atoms with E-state index < -0.39 is 16.5 Å². The molecular weight excluding hydrogens is 349 g/mol. The number of hydrogen-bond acceptors (Lipinski definition) is 3. The van der Waals surface area contributed by atoms with Gasteiger partial charge in [0.2, 0.25) is 0 Å². The SMILES string of the molecule is C[Si](C)(C)N([C-](NC1CCCCC1)NC1CCCCC1)[Si](C)(C)C.[Na+]. The molecule has 2 saturated carbocycles. The normalized spacial score (nSPS) is 21.6. The van der Waals surface area contributed by atoms with Gasteiger partial charge in [-0.1, -0.05) is 77.8 Å². The zero-order chi connectivity index (χ0) is 17.8. The van der Waals surface area contributed by atoms with Crippen molar-refractivity contribution in [2.24, 2.45) is 0 Å². The zero-order valence-electron chi connectivity index (χ0n) is 18.2. The number of nitrogens with one attached hydrogen (secondary N) is 2. The maximum Gasteiger partial charge on any atom is 1.00 e. The second-order valence-corrected chi connectivity index (χ2v) is 20.0. The van der Waals surface area contributed by atoms with Gasteiger partial charge in [0, 0.05) is 0 Å². The third-order valence-corrected chi connectivity index (χ3v) is 12.6. The Kier molecular flexibility index (Phi) is 10.5. The van der Waals surface area contributed by atoms with Crippen LogP contribution in [0.3, 0.4) is 0 Å². The monoisotopic (exact) mass is 391 g/mol. The minimum absolute atomic E-state index is 0. The van der Waals surface area contributed by atoms with Crippen molar-refractivity contribution < 1.29 is 29.6 Å². The quantitative estimate of drug-likeness (QED) is 0.515. The van der Waals surface area contributed by atoms with Crippen LogP contribution in [0, 0.1) is 6.29 Å². The van der Waals surface area contributed by atoms with Gasteiger partial charge in [0.1, 0.15) is 0 Å². The third kappa shape index (κ3) is 8.06. The first kappa shape index (κ1) is 24.4. The fraction of sp³-hybridized carbons (Fsp3) is 0.947. The van der Waals surface area contributed by atoms with Gasteiger partial charge in [0.15, 0.2) is 0 Å². The van der Waals surface area contributed by atoms with Crippen LogP contribution >= 0.6 is 0 Å². The predicted octanol–water partition coefficient (Wildman–Crippen LogP) is 2.25. The van der Waals surface area contributed by atoms with Crippen LogP contribution in [0.4, 0.5) is 0 Å². The van der Waals surface area contributed by atoms with Gasteiger partial charge in [-0.05, 0) is 37.8 Å². The van der Waals surface area contributed by atoms with Crippen LogP contribution in [0.2, 0.25) is 39.3 Å². The van der Waals surface area contributed by atoms with Gasteiger partial charge in [-0.3, -0.25) is 0 Å². The molecule has 0 spiro atoms. The Hall–Kier alpha value is 1.31. The summed E-state index contributed by atoms with van der Waals surface area (Å²) >= 11 is 0. The van der Waals surface area contributed by atoms with Crippen molar-refractivity contribution in [3.8, 4) is 0 Å². The molecule has 3 nitrogen and oxygen atoms in total. The number of nitrogens with zero attached hydrogens (tertiary/aromatic N) is 1. The Morgan fingerprint density at radius 1 is 0.640 bits per heavy atom. The molecule has 0 atom stereocenters. The molecule has 0 bridgehead atoms. The third-order valence-electron chi connectivity index (χ3n) is 5.46. The van der Waals surface area contributed by atoms with Gasteiger partial charge in [0.05, 0.1) is 16.5 Å². The first-order valence-electron chi connectivity index (χ1n) is 10.4. The van der Waals surface area contributed by atoms with E-state index in [9.17, 15) is 0 Å². The van der Waals surface area contributed by atoms with Crippen LogP contribution in [-0.4, -0.2) is 32.8 Å². The summed E-state index contributed by atoms with van der Waals surface area (Å²) in [4.78, 5) is 0. The van der Waals surface area contributed by atoms with E-state index in [-0.39, 0.29) is 29.6 Å². The summed E-state index contributed by atoms with van der Waals surface area (Å²) < 4.78 is 2.86. The van der Waals surface area contributed by atoms with E-state index in [1.165, 1.54) is 70.5 Å². The van der Waals surface area contributed by atoms with Crippen molar-refractivity contribution in [2.45, 2.75) is 116 Å². The summed E-state index contributed by atoms with van der Waals surface area (Å²) in [5.74, 6) is 0. The average molecular weight is 392 g/mol. The van der Waals surface area contributed by atoms with E-state index in [0.29, 0.717) is 12.1 Å². The molecular formula is C19H42N3NaSi2. The summed E-state index contributed by atoms with van der Waals surface area (Å²) in [6, 6.07) is 1.36.